The summed E-state index contributed by atoms with van der Waals surface area (Å²) in [4.78, 5) is 13.9. The highest BCUT2D eigenvalue weighted by Crippen LogP contribution is 2.46. The number of nitrogens with zero attached hydrogens (tertiary/aromatic N) is 4. The third-order valence-corrected chi connectivity index (χ3v) is 9.08. The molecular formula is C24H25FN4O3S. The van der Waals surface area contributed by atoms with Crippen LogP contribution in [-0.4, -0.2) is 63.2 Å². The molecule has 9 heteroatoms. The maximum Gasteiger partial charge on any atom is 0.165 e. The minimum atomic E-state index is -2.90. The lowest BCUT2D eigenvalue weighted by molar-refractivity contribution is 0.255. The number of ether oxygens (including phenoxy) is 1. The molecule has 33 heavy (non-hydrogen) atoms. The van der Waals surface area contributed by atoms with E-state index >= 15 is 0 Å². The number of hydrogen-bond acceptors (Lipinski definition) is 7. The van der Waals surface area contributed by atoms with E-state index in [0.717, 1.165) is 35.9 Å². The summed E-state index contributed by atoms with van der Waals surface area (Å²) >= 11 is 0. The smallest absolute Gasteiger partial charge is 0.165 e. The summed E-state index contributed by atoms with van der Waals surface area (Å²) in [6.07, 6.45) is 4.22. The SMILES string of the molecule is COc1cc2nc(-c3ccc(N4CCCC4)nc3)cc(N3CC4(C3)CS(=O)(=O)C4)c2cc1F. The fourth-order valence-corrected chi connectivity index (χ4v) is 7.60. The van der Waals surface area contributed by atoms with E-state index < -0.39 is 15.7 Å². The zero-order chi connectivity index (χ0) is 22.8. The van der Waals surface area contributed by atoms with Crippen LogP contribution in [0.25, 0.3) is 22.2 Å². The number of hydrogen-bond donors (Lipinski definition) is 0. The Balaban J connectivity index is 1.39. The highest BCUT2D eigenvalue weighted by atomic mass is 32.2. The van der Waals surface area contributed by atoms with Crippen molar-refractivity contribution in [3.8, 4) is 17.0 Å². The standard InChI is InChI=1S/C24H25FN4O3S/c1-32-22-10-20-17(8-18(22)25)21(29-12-24(13-29)14-33(30,31)15-24)9-19(27-20)16-4-5-23(26-11-16)28-6-2-3-7-28/h4-5,8-11H,2-3,6-7,12-15H2,1H3. The number of halogens is 1. The van der Waals surface area contributed by atoms with Gasteiger partial charge in [-0.05, 0) is 37.1 Å². The van der Waals surface area contributed by atoms with Crippen molar-refractivity contribution in [3.63, 3.8) is 0 Å². The van der Waals surface area contributed by atoms with Gasteiger partial charge in [0, 0.05) is 60.5 Å². The van der Waals surface area contributed by atoms with Gasteiger partial charge in [0.2, 0.25) is 0 Å². The van der Waals surface area contributed by atoms with Crippen LogP contribution in [0.15, 0.2) is 36.5 Å². The van der Waals surface area contributed by atoms with Crippen LogP contribution < -0.4 is 14.5 Å². The van der Waals surface area contributed by atoms with E-state index in [4.69, 9.17) is 9.72 Å². The maximum atomic E-state index is 14.6. The van der Waals surface area contributed by atoms with Crippen LogP contribution in [0.2, 0.25) is 0 Å². The van der Waals surface area contributed by atoms with Gasteiger partial charge < -0.3 is 14.5 Å². The summed E-state index contributed by atoms with van der Waals surface area (Å²) in [5.41, 5.74) is 2.94. The quantitative estimate of drug-likeness (QED) is 0.582. The molecular weight excluding hydrogens is 443 g/mol. The summed E-state index contributed by atoms with van der Waals surface area (Å²) in [5.74, 6) is 1.13. The van der Waals surface area contributed by atoms with Gasteiger partial charge in [-0.3, -0.25) is 0 Å². The molecule has 0 aliphatic carbocycles. The first-order chi connectivity index (χ1) is 15.8. The number of fused-ring (bicyclic) bond motifs is 1. The van der Waals surface area contributed by atoms with E-state index in [1.165, 1.54) is 26.0 Å². The zero-order valence-electron chi connectivity index (χ0n) is 18.4. The van der Waals surface area contributed by atoms with E-state index in [1.807, 2.05) is 24.4 Å². The van der Waals surface area contributed by atoms with E-state index in [0.29, 0.717) is 24.0 Å². The van der Waals surface area contributed by atoms with Crippen LogP contribution in [-0.2, 0) is 9.84 Å². The molecule has 6 rings (SSSR count). The largest absolute Gasteiger partial charge is 0.494 e. The second-order valence-electron chi connectivity index (χ2n) is 9.52. The van der Waals surface area contributed by atoms with Crippen molar-refractivity contribution in [1.29, 1.82) is 0 Å². The Hall–Kier alpha value is -2.94. The fourth-order valence-electron chi connectivity index (χ4n) is 5.45. The molecule has 2 aromatic heterocycles. The normalized spacial score (nSPS) is 20.7. The van der Waals surface area contributed by atoms with Crippen molar-refractivity contribution in [2.24, 2.45) is 5.41 Å². The van der Waals surface area contributed by atoms with Gasteiger partial charge in [-0.2, -0.15) is 0 Å². The van der Waals surface area contributed by atoms with Gasteiger partial charge in [0.15, 0.2) is 21.4 Å². The number of methoxy groups -OCH3 is 1. The Morgan fingerprint density at radius 1 is 1.06 bits per heavy atom. The lowest BCUT2D eigenvalue weighted by Gasteiger charge is -2.56. The van der Waals surface area contributed by atoms with Crippen molar-refractivity contribution in [2.75, 3.05) is 54.6 Å². The second kappa shape index (κ2) is 7.28. The van der Waals surface area contributed by atoms with Crippen molar-refractivity contribution < 1.29 is 17.5 Å². The van der Waals surface area contributed by atoms with E-state index in [2.05, 4.69) is 14.8 Å². The van der Waals surface area contributed by atoms with Gasteiger partial charge in [-0.15, -0.1) is 0 Å². The molecule has 172 valence electrons. The summed E-state index contributed by atoms with van der Waals surface area (Å²) in [7, 11) is -1.47. The summed E-state index contributed by atoms with van der Waals surface area (Å²) < 4.78 is 43.2. The van der Waals surface area contributed by atoms with E-state index in [9.17, 15) is 12.8 Å². The van der Waals surface area contributed by atoms with Gasteiger partial charge >= 0.3 is 0 Å². The van der Waals surface area contributed by atoms with Crippen molar-refractivity contribution in [2.45, 2.75) is 12.8 Å². The molecule has 7 nitrogen and oxygen atoms in total. The number of aromatic nitrogens is 2. The predicted molar refractivity (Wildman–Crippen MR) is 126 cm³/mol. The van der Waals surface area contributed by atoms with E-state index in [1.54, 1.807) is 6.07 Å². The molecule has 0 radical (unpaired) electrons. The summed E-state index contributed by atoms with van der Waals surface area (Å²) in [6, 6.07) is 9.08. The molecule has 1 spiro atoms. The monoisotopic (exact) mass is 468 g/mol. The van der Waals surface area contributed by atoms with Crippen LogP contribution in [0.4, 0.5) is 15.9 Å². The number of pyridine rings is 2. The van der Waals surface area contributed by atoms with Crippen LogP contribution in [0, 0.1) is 11.2 Å². The molecule has 0 atom stereocenters. The molecule has 1 aromatic carbocycles. The molecule has 0 bridgehead atoms. The van der Waals surface area contributed by atoms with Crippen LogP contribution in [0.5, 0.6) is 5.75 Å². The topological polar surface area (TPSA) is 75.6 Å². The summed E-state index contributed by atoms with van der Waals surface area (Å²) in [6.45, 7) is 3.35. The van der Waals surface area contributed by atoms with Crippen LogP contribution >= 0.6 is 0 Å². The Morgan fingerprint density at radius 3 is 2.45 bits per heavy atom. The highest BCUT2D eigenvalue weighted by molar-refractivity contribution is 7.92. The second-order valence-corrected chi connectivity index (χ2v) is 11.6. The van der Waals surface area contributed by atoms with Crippen molar-refractivity contribution >= 4 is 32.2 Å². The Bertz CT molecular complexity index is 1330. The molecule has 5 heterocycles. The van der Waals surface area contributed by atoms with Gasteiger partial charge in [-0.1, -0.05) is 0 Å². The first-order valence-corrected chi connectivity index (χ1v) is 13.0. The third kappa shape index (κ3) is 3.49. The molecule has 3 saturated heterocycles. The third-order valence-electron chi connectivity index (χ3n) is 6.98. The minimum Gasteiger partial charge on any atom is -0.494 e. The molecule has 3 aliphatic rings. The molecule has 0 N–H and O–H groups in total. The van der Waals surface area contributed by atoms with Crippen LogP contribution in [0.3, 0.4) is 0 Å². The van der Waals surface area contributed by atoms with Crippen LogP contribution in [0.1, 0.15) is 12.8 Å². The van der Waals surface area contributed by atoms with E-state index in [-0.39, 0.29) is 22.7 Å². The lowest BCUT2D eigenvalue weighted by Crippen LogP contribution is -2.68. The molecule has 0 amide bonds. The molecule has 3 aromatic rings. The summed E-state index contributed by atoms with van der Waals surface area (Å²) in [5, 5.41) is 0.690. The minimum absolute atomic E-state index is 0.144. The Morgan fingerprint density at radius 2 is 1.82 bits per heavy atom. The molecule has 0 unspecified atom stereocenters. The number of sulfone groups is 1. The predicted octanol–water partition coefficient (Wildman–Crippen LogP) is 3.28. The highest BCUT2D eigenvalue weighted by Gasteiger charge is 2.56. The first kappa shape index (κ1) is 20.7. The average Bonchev–Trinajstić information content (AvgIpc) is 3.30. The van der Waals surface area contributed by atoms with Gasteiger partial charge in [0.25, 0.3) is 0 Å². The Labute approximate surface area is 192 Å². The zero-order valence-corrected chi connectivity index (χ0v) is 19.2. The number of rotatable bonds is 4. The van der Waals surface area contributed by atoms with Gasteiger partial charge in [0.05, 0.1) is 29.8 Å². The van der Waals surface area contributed by atoms with Crippen molar-refractivity contribution in [3.05, 3.63) is 42.3 Å². The molecule has 0 saturated carbocycles. The maximum absolute atomic E-state index is 14.6. The fraction of sp³-hybridized carbons (Fsp3) is 0.417. The number of anilines is 2. The van der Waals surface area contributed by atoms with Gasteiger partial charge in [0.1, 0.15) is 5.82 Å². The average molecular weight is 469 g/mol. The molecule has 3 aliphatic heterocycles. The van der Waals surface area contributed by atoms with Gasteiger partial charge in [-0.25, -0.2) is 22.8 Å². The number of benzene rings is 1. The molecule has 3 fully saturated rings. The first-order valence-electron chi connectivity index (χ1n) is 11.2. The Kier molecular flexibility index (Phi) is 4.56. The lowest BCUT2D eigenvalue weighted by atomic mass is 9.82. The van der Waals surface area contributed by atoms with Crippen molar-refractivity contribution in [1.82, 2.24) is 9.97 Å².